The van der Waals surface area contributed by atoms with E-state index in [0.29, 0.717) is 13.0 Å². The van der Waals surface area contributed by atoms with E-state index in [2.05, 4.69) is 0 Å². The first-order valence-corrected chi connectivity index (χ1v) is 6.56. The predicted octanol–water partition coefficient (Wildman–Crippen LogP) is 0.608. The molecule has 0 unspecified atom stereocenters. The summed E-state index contributed by atoms with van der Waals surface area (Å²) in [7, 11) is -3.67. The molecule has 0 aromatic carbocycles. The quantitative estimate of drug-likeness (QED) is 0.674. The molecule has 6 heteroatoms. The normalized spacial score (nSPS) is 12.7. The monoisotopic (exact) mass is 239 g/mol. The van der Waals surface area contributed by atoms with Crippen LogP contribution >= 0.6 is 0 Å². The molecule has 0 radical (unpaired) electrons. The van der Waals surface area contributed by atoms with E-state index in [1.165, 1.54) is 4.31 Å². The van der Waals surface area contributed by atoms with Crippen LogP contribution in [0.25, 0.3) is 0 Å². The maximum Gasteiger partial charge on any atom is 0.338 e. The van der Waals surface area contributed by atoms with Gasteiger partial charge < -0.3 is 5.11 Å². The molecule has 5 nitrogen and oxygen atoms in total. The second-order valence-corrected chi connectivity index (χ2v) is 5.36. The van der Waals surface area contributed by atoms with Gasteiger partial charge in [-0.05, 0) is 12.3 Å². The fraction of sp³-hybridized carbons (Fsp3) is 1.00. The second kappa shape index (κ2) is 7.16. The Morgan fingerprint density at radius 3 is 2.40 bits per heavy atom. The van der Waals surface area contributed by atoms with Gasteiger partial charge in [0.1, 0.15) is 0 Å². The SMILES string of the molecule is CCCOS(=O)(=O)N(CCO)CC(C)C. The lowest BCUT2D eigenvalue weighted by Crippen LogP contribution is -2.37. The van der Waals surface area contributed by atoms with Gasteiger partial charge >= 0.3 is 10.3 Å². The molecule has 15 heavy (non-hydrogen) atoms. The van der Waals surface area contributed by atoms with Gasteiger partial charge in [0.05, 0.1) is 13.2 Å². The van der Waals surface area contributed by atoms with Gasteiger partial charge in [-0.1, -0.05) is 20.8 Å². The topological polar surface area (TPSA) is 66.8 Å². The molecule has 0 aromatic heterocycles. The summed E-state index contributed by atoms with van der Waals surface area (Å²) >= 11 is 0. The summed E-state index contributed by atoms with van der Waals surface area (Å²) in [5.74, 6) is 0.205. The van der Waals surface area contributed by atoms with Gasteiger partial charge in [-0.3, -0.25) is 4.18 Å². The molecule has 0 spiro atoms. The molecule has 0 saturated carbocycles. The summed E-state index contributed by atoms with van der Waals surface area (Å²) in [5.41, 5.74) is 0. The van der Waals surface area contributed by atoms with Crippen LogP contribution in [-0.2, 0) is 14.5 Å². The highest BCUT2D eigenvalue weighted by Crippen LogP contribution is 2.07. The van der Waals surface area contributed by atoms with Gasteiger partial charge in [-0.2, -0.15) is 12.7 Å². The summed E-state index contributed by atoms with van der Waals surface area (Å²) in [6.07, 6.45) is 0.647. The van der Waals surface area contributed by atoms with E-state index in [0.717, 1.165) is 0 Å². The molecule has 0 aliphatic heterocycles. The Bertz CT molecular complexity index is 251. The van der Waals surface area contributed by atoms with Crippen molar-refractivity contribution < 1.29 is 17.7 Å². The van der Waals surface area contributed by atoms with Crippen molar-refractivity contribution in [2.75, 3.05) is 26.3 Å². The maximum absolute atomic E-state index is 11.6. The molecule has 0 saturated heterocycles. The van der Waals surface area contributed by atoms with Crippen LogP contribution in [0.3, 0.4) is 0 Å². The van der Waals surface area contributed by atoms with Crippen molar-refractivity contribution in [2.45, 2.75) is 27.2 Å². The predicted molar refractivity (Wildman–Crippen MR) is 58.7 cm³/mol. The Morgan fingerprint density at radius 1 is 1.40 bits per heavy atom. The fourth-order valence-corrected chi connectivity index (χ4v) is 2.39. The van der Waals surface area contributed by atoms with E-state index < -0.39 is 10.3 Å². The Labute approximate surface area is 92.3 Å². The maximum atomic E-state index is 11.6. The van der Waals surface area contributed by atoms with E-state index in [9.17, 15) is 8.42 Å². The zero-order valence-corrected chi connectivity index (χ0v) is 10.5. The van der Waals surface area contributed by atoms with E-state index >= 15 is 0 Å². The molecule has 0 heterocycles. The van der Waals surface area contributed by atoms with Gasteiger partial charge in [0, 0.05) is 13.1 Å². The number of nitrogens with zero attached hydrogens (tertiary/aromatic N) is 1. The van der Waals surface area contributed by atoms with E-state index in [-0.39, 0.29) is 25.7 Å². The van der Waals surface area contributed by atoms with Gasteiger partial charge in [-0.15, -0.1) is 0 Å². The number of hydrogen-bond donors (Lipinski definition) is 1. The van der Waals surface area contributed by atoms with Crippen molar-refractivity contribution in [3.8, 4) is 0 Å². The van der Waals surface area contributed by atoms with Gasteiger partial charge in [0.25, 0.3) is 0 Å². The fourth-order valence-electron chi connectivity index (χ4n) is 1.08. The largest absolute Gasteiger partial charge is 0.395 e. The minimum absolute atomic E-state index is 0.0875. The van der Waals surface area contributed by atoms with E-state index in [4.69, 9.17) is 9.29 Å². The third-order valence-electron chi connectivity index (χ3n) is 1.67. The lowest BCUT2D eigenvalue weighted by molar-refractivity contribution is 0.214. The van der Waals surface area contributed by atoms with Crippen LogP contribution in [0.5, 0.6) is 0 Å². The van der Waals surface area contributed by atoms with Crippen LogP contribution in [0.4, 0.5) is 0 Å². The van der Waals surface area contributed by atoms with Gasteiger partial charge in [-0.25, -0.2) is 0 Å². The average Bonchev–Trinajstić information content (AvgIpc) is 2.13. The summed E-state index contributed by atoms with van der Waals surface area (Å²) in [5, 5.41) is 8.78. The molecule has 0 aliphatic rings. The molecule has 0 aromatic rings. The summed E-state index contributed by atoms with van der Waals surface area (Å²) in [6, 6.07) is 0. The van der Waals surface area contributed by atoms with E-state index in [1.807, 2.05) is 20.8 Å². The molecule has 92 valence electrons. The first-order valence-electron chi connectivity index (χ1n) is 5.19. The second-order valence-electron chi connectivity index (χ2n) is 3.76. The summed E-state index contributed by atoms with van der Waals surface area (Å²) < 4.78 is 29.2. The lowest BCUT2D eigenvalue weighted by Gasteiger charge is -2.22. The number of aliphatic hydroxyl groups is 1. The Hall–Kier alpha value is -0.170. The van der Waals surface area contributed by atoms with Crippen molar-refractivity contribution in [3.05, 3.63) is 0 Å². The minimum Gasteiger partial charge on any atom is -0.395 e. The lowest BCUT2D eigenvalue weighted by atomic mass is 10.2. The molecule has 0 fully saturated rings. The van der Waals surface area contributed by atoms with Crippen molar-refractivity contribution in [1.29, 1.82) is 0 Å². The van der Waals surface area contributed by atoms with Crippen LogP contribution in [0.2, 0.25) is 0 Å². The van der Waals surface area contributed by atoms with Crippen molar-refractivity contribution in [2.24, 2.45) is 5.92 Å². The number of rotatable bonds is 8. The third kappa shape index (κ3) is 6.09. The Balaban J connectivity index is 4.44. The van der Waals surface area contributed by atoms with Crippen LogP contribution in [-0.4, -0.2) is 44.1 Å². The van der Waals surface area contributed by atoms with E-state index in [1.54, 1.807) is 0 Å². The van der Waals surface area contributed by atoms with Crippen LogP contribution in [0.1, 0.15) is 27.2 Å². The molecule has 0 aliphatic carbocycles. The smallest absolute Gasteiger partial charge is 0.338 e. The Morgan fingerprint density at radius 2 is 2.00 bits per heavy atom. The van der Waals surface area contributed by atoms with Crippen molar-refractivity contribution in [1.82, 2.24) is 4.31 Å². The summed E-state index contributed by atoms with van der Waals surface area (Å²) in [6.45, 7) is 6.12. The number of aliphatic hydroxyl groups excluding tert-OH is 1. The molecule has 0 rings (SSSR count). The average molecular weight is 239 g/mol. The third-order valence-corrected chi connectivity index (χ3v) is 3.10. The zero-order valence-electron chi connectivity index (χ0n) is 9.64. The Kier molecular flexibility index (Phi) is 7.08. The van der Waals surface area contributed by atoms with Crippen LogP contribution in [0.15, 0.2) is 0 Å². The highest BCUT2D eigenvalue weighted by Gasteiger charge is 2.22. The highest BCUT2D eigenvalue weighted by atomic mass is 32.2. The molecular weight excluding hydrogens is 218 g/mol. The highest BCUT2D eigenvalue weighted by molar-refractivity contribution is 7.84. The minimum atomic E-state index is -3.67. The standard InChI is InChI=1S/C9H21NO4S/c1-4-7-14-15(12,13)10(5-6-11)8-9(2)3/h9,11H,4-8H2,1-3H3. The molecular formula is C9H21NO4S. The van der Waals surface area contributed by atoms with Crippen LogP contribution in [0, 0.1) is 5.92 Å². The zero-order chi connectivity index (χ0) is 11.9. The molecule has 0 atom stereocenters. The molecule has 0 bridgehead atoms. The van der Waals surface area contributed by atoms with Crippen molar-refractivity contribution in [3.63, 3.8) is 0 Å². The first kappa shape index (κ1) is 14.8. The van der Waals surface area contributed by atoms with Crippen LogP contribution < -0.4 is 0 Å². The first-order chi connectivity index (χ1) is 6.94. The number of hydrogen-bond acceptors (Lipinski definition) is 4. The molecule has 0 amide bonds. The van der Waals surface area contributed by atoms with Crippen molar-refractivity contribution >= 4 is 10.3 Å². The van der Waals surface area contributed by atoms with Gasteiger partial charge in [0.15, 0.2) is 0 Å². The molecule has 1 N–H and O–H groups in total. The van der Waals surface area contributed by atoms with Gasteiger partial charge in [0.2, 0.25) is 0 Å². The summed E-state index contributed by atoms with van der Waals surface area (Å²) in [4.78, 5) is 0.